The second-order valence-corrected chi connectivity index (χ2v) is 11.6. The Hall–Kier alpha value is -3.11. The molecule has 1 unspecified atom stereocenters. The standard InChI is InChI=1S/C29H36N4O4S2/c1-6-15-33-26(20(5)37-21-14-13-18(3)19(4)16-21)31-32-29(33)38-17-24(34)30-27-25(28(35)36-7-2)22-11-9-8-10-12-23(22)39-27/h6,13-14,16,20H,1,7-12,15,17H2,2-5H3,(H,30,34). The lowest BCUT2D eigenvalue weighted by molar-refractivity contribution is -0.113. The van der Waals surface area contributed by atoms with Crippen LogP contribution in [0.2, 0.25) is 0 Å². The van der Waals surface area contributed by atoms with Crippen molar-refractivity contribution in [3.05, 3.63) is 63.8 Å². The molecule has 0 saturated heterocycles. The van der Waals surface area contributed by atoms with Crippen LogP contribution in [-0.2, 0) is 28.9 Å². The molecule has 0 spiro atoms. The molecule has 1 aromatic carbocycles. The van der Waals surface area contributed by atoms with Crippen LogP contribution in [0.4, 0.5) is 5.00 Å². The predicted octanol–water partition coefficient (Wildman–Crippen LogP) is 6.46. The number of aryl methyl sites for hydroxylation is 3. The first-order chi connectivity index (χ1) is 18.8. The zero-order chi connectivity index (χ0) is 27.9. The highest BCUT2D eigenvalue weighted by atomic mass is 32.2. The Bertz CT molecular complexity index is 1350. The van der Waals surface area contributed by atoms with E-state index in [2.05, 4.69) is 35.9 Å². The predicted molar refractivity (Wildman–Crippen MR) is 156 cm³/mol. The molecule has 0 aliphatic heterocycles. The van der Waals surface area contributed by atoms with Gasteiger partial charge in [-0.3, -0.25) is 9.36 Å². The van der Waals surface area contributed by atoms with Crippen molar-refractivity contribution in [2.45, 2.75) is 77.6 Å². The monoisotopic (exact) mass is 568 g/mol. The van der Waals surface area contributed by atoms with Gasteiger partial charge >= 0.3 is 5.97 Å². The molecule has 3 aromatic rings. The number of carbonyl (C=O) groups is 2. The Morgan fingerprint density at radius 1 is 1.21 bits per heavy atom. The van der Waals surface area contributed by atoms with Crippen molar-refractivity contribution in [2.75, 3.05) is 17.7 Å². The third-order valence-corrected chi connectivity index (χ3v) is 8.87. The Kier molecular flexibility index (Phi) is 9.85. The van der Waals surface area contributed by atoms with Gasteiger partial charge in [-0.15, -0.1) is 28.1 Å². The van der Waals surface area contributed by atoms with Gasteiger partial charge in [0.25, 0.3) is 0 Å². The van der Waals surface area contributed by atoms with Crippen molar-refractivity contribution in [3.8, 4) is 5.75 Å². The molecule has 1 aliphatic carbocycles. The number of anilines is 1. The molecule has 39 heavy (non-hydrogen) atoms. The molecule has 8 nitrogen and oxygen atoms in total. The van der Waals surface area contributed by atoms with Crippen molar-refractivity contribution in [1.82, 2.24) is 14.8 Å². The summed E-state index contributed by atoms with van der Waals surface area (Å²) in [6, 6.07) is 5.99. The molecule has 4 rings (SSSR count). The van der Waals surface area contributed by atoms with E-state index in [0.717, 1.165) is 49.0 Å². The van der Waals surface area contributed by atoms with Crippen LogP contribution in [0.5, 0.6) is 5.75 Å². The summed E-state index contributed by atoms with van der Waals surface area (Å²) in [5.41, 5.74) is 3.91. The van der Waals surface area contributed by atoms with Gasteiger partial charge in [-0.2, -0.15) is 0 Å². The third-order valence-electron chi connectivity index (χ3n) is 6.70. The molecule has 1 amide bonds. The van der Waals surface area contributed by atoms with Gasteiger partial charge in [0.15, 0.2) is 17.1 Å². The number of thiophene rings is 1. The number of rotatable bonds is 11. The van der Waals surface area contributed by atoms with Crippen molar-refractivity contribution >= 4 is 40.0 Å². The van der Waals surface area contributed by atoms with Gasteiger partial charge in [0.1, 0.15) is 10.8 Å². The fourth-order valence-electron chi connectivity index (χ4n) is 4.60. The number of nitrogens with zero attached hydrogens (tertiary/aromatic N) is 3. The summed E-state index contributed by atoms with van der Waals surface area (Å²) in [5.74, 6) is 0.956. The Morgan fingerprint density at radius 3 is 2.74 bits per heavy atom. The Labute approximate surface area is 238 Å². The van der Waals surface area contributed by atoms with Crippen LogP contribution in [0.1, 0.15) is 77.0 Å². The fourth-order valence-corrected chi connectivity index (χ4v) is 6.64. The van der Waals surface area contributed by atoms with E-state index in [4.69, 9.17) is 9.47 Å². The fraction of sp³-hybridized carbons (Fsp3) is 0.448. The lowest BCUT2D eigenvalue weighted by Gasteiger charge is -2.16. The summed E-state index contributed by atoms with van der Waals surface area (Å²) in [5, 5.41) is 12.9. The maximum absolute atomic E-state index is 13.0. The average Bonchev–Trinajstić information content (AvgIpc) is 3.37. The molecule has 0 fully saturated rings. The number of amides is 1. The number of benzene rings is 1. The van der Waals surface area contributed by atoms with E-state index >= 15 is 0 Å². The molecule has 208 valence electrons. The molecule has 0 saturated carbocycles. The topological polar surface area (TPSA) is 95.3 Å². The number of hydrogen-bond acceptors (Lipinski definition) is 8. The summed E-state index contributed by atoms with van der Waals surface area (Å²) in [7, 11) is 0. The largest absolute Gasteiger partial charge is 0.483 e. The second kappa shape index (κ2) is 13.3. The van der Waals surface area contributed by atoms with Gasteiger partial charge < -0.3 is 14.8 Å². The number of allylic oxidation sites excluding steroid dienone is 1. The molecule has 1 atom stereocenters. The van der Waals surface area contributed by atoms with Crippen LogP contribution < -0.4 is 10.1 Å². The van der Waals surface area contributed by atoms with Crippen LogP contribution in [0.3, 0.4) is 0 Å². The maximum Gasteiger partial charge on any atom is 0.341 e. The summed E-state index contributed by atoms with van der Waals surface area (Å²) < 4.78 is 13.4. The number of ether oxygens (including phenoxy) is 2. The summed E-state index contributed by atoms with van der Waals surface area (Å²) in [4.78, 5) is 27.0. The van der Waals surface area contributed by atoms with E-state index in [1.165, 1.54) is 33.5 Å². The minimum absolute atomic E-state index is 0.118. The maximum atomic E-state index is 13.0. The zero-order valence-electron chi connectivity index (χ0n) is 23.0. The van der Waals surface area contributed by atoms with Crippen molar-refractivity contribution in [3.63, 3.8) is 0 Å². The van der Waals surface area contributed by atoms with E-state index in [1.807, 2.05) is 29.7 Å². The minimum Gasteiger partial charge on any atom is -0.483 e. The van der Waals surface area contributed by atoms with E-state index < -0.39 is 0 Å². The van der Waals surface area contributed by atoms with E-state index in [-0.39, 0.29) is 23.7 Å². The van der Waals surface area contributed by atoms with Gasteiger partial charge in [-0.1, -0.05) is 30.3 Å². The smallest absolute Gasteiger partial charge is 0.341 e. The van der Waals surface area contributed by atoms with Gasteiger partial charge in [-0.05, 0) is 82.2 Å². The van der Waals surface area contributed by atoms with Gasteiger partial charge in [0, 0.05) is 11.4 Å². The van der Waals surface area contributed by atoms with E-state index in [9.17, 15) is 9.59 Å². The van der Waals surface area contributed by atoms with Gasteiger partial charge in [-0.25, -0.2) is 4.79 Å². The highest BCUT2D eigenvalue weighted by Gasteiger charge is 2.27. The highest BCUT2D eigenvalue weighted by Crippen LogP contribution is 2.38. The third kappa shape index (κ3) is 6.91. The number of hydrogen-bond donors (Lipinski definition) is 1. The minimum atomic E-state index is -0.368. The Balaban J connectivity index is 1.46. The Morgan fingerprint density at radius 2 is 2.00 bits per heavy atom. The number of nitrogens with one attached hydrogen (secondary N) is 1. The zero-order valence-corrected chi connectivity index (χ0v) is 24.7. The molecule has 2 heterocycles. The number of carbonyl (C=O) groups excluding carboxylic acids is 2. The molecular formula is C29H36N4O4S2. The molecule has 0 radical (unpaired) electrons. The SMILES string of the molecule is C=CCn1c(SCC(=O)Nc2sc3c(c2C(=O)OCC)CCCCC3)nnc1C(C)Oc1ccc(C)c(C)c1. The highest BCUT2D eigenvalue weighted by molar-refractivity contribution is 7.99. The molecule has 2 aromatic heterocycles. The number of fused-ring (bicyclic) bond motifs is 1. The summed E-state index contributed by atoms with van der Waals surface area (Å²) in [6.45, 7) is 12.5. The quantitative estimate of drug-likeness (QED) is 0.123. The normalized spacial score (nSPS) is 13.7. The lowest BCUT2D eigenvalue weighted by atomic mass is 10.1. The van der Waals surface area contributed by atoms with Crippen LogP contribution in [0.15, 0.2) is 36.0 Å². The first-order valence-corrected chi connectivity index (χ1v) is 15.1. The van der Waals surface area contributed by atoms with Gasteiger partial charge in [0.05, 0.1) is 17.9 Å². The van der Waals surface area contributed by atoms with Crippen LogP contribution in [-0.4, -0.2) is 39.0 Å². The molecule has 1 N–H and O–H groups in total. The van der Waals surface area contributed by atoms with Crippen molar-refractivity contribution in [2.24, 2.45) is 0 Å². The number of aromatic nitrogens is 3. The molecule has 1 aliphatic rings. The van der Waals surface area contributed by atoms with E-state index in [0.29, 0.717) is 34.7 Å². The summed E-state index contributed by atoms with van der Waals surface area (Å²) >= 11 is 2.78. The second-order valence-electron chi connectivity index (χ2n) is 9.57. The van der Waals surface area contributed by atoms with Crippen LogP contribution in [0, 0.1) is 13.8 Å². The number of esters is 1. The molecular weight excluding hydrogens is 532 g/mol. The molecule has 10 heteroatoms. The van der Waals surface area contributed by atoms with Gasteiger partial charge in [0.2, 0.25) is 5.91 Å². The van der Waals surface area contributed by atoms with Crippen LogP contribution >= 0.6 is 23.1 Å². The number of thioether (sulfide) groups is 1. The first-order valence-electron chi connectivity index (χ1n) is 13.3. The van der Waals surface area contributed by atoms with Crippen LogP contribution in [0.25, 0.3) is 0 Å². The van der Waals surface area contributed by atoms with Crippen molar-refractivity contribution in [1.29, 1.82) is 0 Å². The average molecular weight is 569 g/mol. The first kappa shape index (κ1) is 28.9. The van der Waals surface area contributed by atoms with E-state index in [1.54, 1.807) is 13.0 Å². The lowest BCUT2D eigenvalue weighted by Crippen LogP contribution is -2.17. The van der Waals surface area contributed by atoms with Crippen molar-refractivity contribution < 1.29 is 19.1 Å². The summed E-state index contributed by atoms with van der Waals surface area (Å²) in [6.07, 6.45) is 6.44. The molecule has 0 bridgehead atoms.